The normalized spacial score (nSPS) is 25.9. The molecule has 6 rings (SSSR count). The van der Waals surface area contributed by atoms with Gasteiger partial charge in [-0.3, -0.25) is 9.36 Å². The zero-order valence-electron chi connectivity index (χ0n) is 42.3. The number of aromatic nitrogens is 4. The minimum atomic E-state index is -1.79. The Kier molecular flexibility index (Phi) is 18.2. The Hall–Kier alpha value is -4.99. The summed E-state index contributed by atoms with van der Waals surface area (Å²) in [6.07, 6.45) is -19.3. The van der Waals surface area contributed by atoms with Crippen LogP contribution in [0.5, 0.6) is 23.3 Å². The van der Waals surface area contributed by atoms with Crippen molar-refractivity contribution in [1.29, 1.82) is 0 Å². The number of aliphatic hydroxyl groups is 6. The number of ether oxygens (including phenoxy) is 8. The molecule has 4 heterocycles. The average Bonchev–Trinajstić information content (AvgIpc) is 3.79. The number of aliphatic hydroxyl groups excluding tert-OH is 6. The highest BCUT2D eigenvalue weighted by Gasteiger charge is 2.51. The third-order valence-electron chi connectivity index (χ3n) is 12.5. The molecule has 12 atom stereocenters. The predicted molar refractivity (Wildman–Crippen MR) is 255 cm³/mol. The molecular weight excluding hydrogens is 909 g/mol. The van der Waals surface area contributed by atoms with Crippen LogP contribution in [0.3, 0.4) is 0 Å². The maximum atomic E-state index is 13.7. The summed E-state index contributed by atoms with van der Waals surface area (Å²) >= 11 is 0. The molecule has 388 valence electrons. The lowest BCUT2D eigenvalue weighted by Crippen LogP contribution is -2.63. The molecule has 2 saturated heterocycles. The molecule has 2 aromatic heterocycles. The van der Waals surface area contributed by atoms with Gasteiger partial charge in [0.05, 0.1) is 12.2 Å². The lowest BCUT2D eigenvalue weighted by Gasteiger charge is -2.43. The fourth-order valence-electron chi connectivity index (χ4n) is 8.80. The first-order chi connectivity index (χ1) is 33.1. The minimum absolute atomic E-state index is 0.0110. The van der Waals surface area contributed by atoms with Crippen molar-refractivity contribution in [1.82, 2.24) is 19.6 Å². The van der Waals surface area contributed by atoms with Gasteiger partial charge in [-0.2, -0.15) is 0 Å². The monoisotopic (exact) mass is 983 g/mol. The standard InChI is InChI=1S/C51H74N4O15/c1-13-37(45-41(58)39(56)43(60)49(67-45)69-47-35(29(11)54(52-47)25(3)4)23-31-15-19-33(20-16-31)63-27(7)8)65-51(62)66-38(14-2)46-42(59)40(57)44(61)50(68-46)70-48-36(30(12)55(53-48)26(5)6)24-32-17-21-34(22-18-32)64-28(9)10/h15-22,25-28,37-46,49-50,56-61H,13-14,23-24H2,1-12H3. The van der Waals surface area contributed by atoms with Crippen molar-refractivity contribution in [3.8, 4) is 23.3 Å². The molecule has 4 aromatic rings. The summed E-state index contributed by atoms with van der Waals surface area (Å²) in [5, 5.41) is 76.5. The maximum absolute atomic E-state index is 13.7. The molecule has 2 aromatic carbocycles. The molecule has 0 aliphatic carbocycles. The molecule has 0 saturated carbocycles. The second kappa shape index (κ2) is 23.5. The van der Waals surface area contributed by atoms with E-state index in [0.29, 0.717) is 24.0 Å². The van der Waals surface area contributed by atoms with E-state index in [2.05, 4.69) is 0 Å². The van der Waals surface area contributed by atoms with E-state index in [1.165, 1.54) is 0 Å². The van der Waals surface area contributed by atoms with E-state index in [1.807, 2.05) is 118 Å². The number of hydrogen-bond donors (Lipinski definition) is 6. The number of rotatable bonds is 20. The van der Waals surface area contributed by atoms with E-state index in [0.717, 1.165) is 34.0 Å². The molecule has 0 bridgehead atoms. The first kappa shape index (κ1) is 54.3. The fraction of sp³-hybridized carbons (Fsp3) is 0.627. The Morgan fingerprint density at radius 3 is 1.20 bits per heavy atom. The second-order valence-corrected chi connectivity index (χ2v) is 19.3. The van der Waals surface area contributed by atoms with Gasteiger partial charge in [0.25, 0.3) is 0 Å². The van der Waals surface area contributed by atoms with Gasteiger partial charge in [0, 0.05) is 47.4 Å². The van der Waals surface area contributed by atoms with E-state index < -0.39 is 79.8 Å². The highest BCUT2D eigenvalue weighted by Crippen LogP contribution is 2.35. The molecule has 2 aliphatic heterocycles. The zero-order valence-corrected chi connectivity index (χ0v) is 42.3. The van der Waals surface area contributed by atoms with Gasteiger partial charge in [-0.15, -0.1) is 10.2 Å². The third kappa shape index (κ3) is 12.5. The summed E-state index contributed by atoms with van der Waals surface area (Å²) in [5.41, 5.74) is 4.88. The van der Waals surface area contributed by atoms with Crippen molar-refractivity contribution in [2.24, 2.45) is 0 Å². The van der Waals surface area contributed by atoms with E-state index in [-0.39, 0.29) is 48.9 Å². The Balaban J connectivity index is 1.16. The highest BCUT2D eigenvalue weighted by molar-refractivity contribution is 5.60. The SMILES string of the molecule is CCC(OC(=O)OC(CC)C1OC(Oc2nn(C(C)C)c(C)c2Cc2ccc(OC(C)C)cc2)C(O)C(O)C1O)C1OC(Oc2nn(C(C)C)c(C)c2Cc2ccc(OC(C)C)cc2)C(O)C(O)C1O. The van der Waals surface area contributed by atoms with Crippen LogP contribution in [0, 0.1) is 13.8 Å². The van der Waals surface area contributed by atoms with Crippen molar-refractivity contribution >= 4 is 6.16 Å². The summed E-state index contributed by atoms with van der Waals surface area (Å²) < 4.78 is 51.3. The van der Waals surface area contributed by atoms with E-state index in [9.17, 15) is 35.4 Å². The molecule has 12 unspecified atom stereocenters. The lowest BCUT2D eigenvalue weighted by atomic mass is 9.94. The summed E-state index contributed by atoms with van der Waals surface area (Å²) in [5.74, 6) is 1.73. The number of carbonyl (C=O) groups is 1. The van der Waals surface area contributed by atoms with E-state index in [4.69, 9.17) is 48.1 Å². The number of benzene rings is 2. The van der Waals surface area contributed by atoms with Gasteiger partial charge in [-0.05, 0) is 117 Å². The van der Waals surface area contributed by atoms with Crippen LogP contribution in [0.15, 0.2) is 48.5 Å². The first-order valence-corrected chi connectivity index (χ1v) is 24.4. The molecule has 70 heavy (non-hydrogen) atoms. The molecule has 0 amide bonds. The Bertz CT molecular complexity index is 2140. The van der Waals surface area contributed by atoms with Crippen molar-refractivity contribution in [3.05, 3.63) is 82.2 Å². The molecule has 0 radical (unpaired) electrons. The number of hydrogen-bond acceptors (Lipinski definition) is 17. The topological polar surface area (TPSA) is 248 Å². The zero-order chi connectivity index (χ0) is 51.3. The Morgan fingerprint density at radius 1 is 0.557 bits per heavy atom. The smallest absolute Gasteiger partial charge is 0.491 e. The van der Waals surface area contributed by atoms with Gasteiger partial charge in [0.2, 0.25) is 24.3 Å². The summed E-state index contributed by atoms with van der Waals surface area (Å²) in [7, 11) is 0. The van der Waals surface area contributed by atoms with Crippen LogP contribution < -0.4 is 18.9 Å². The molecular formula is C51H74N4O15. The maximum Gasteiger partial charge on any atom is 0.509 e. The van der Waals surface area contributed by atoms with E-state index in [1.54, 1.807) is 23.2 Å². The van der Waals surface area contributed by atoms with Gasteiger partial charge >= 0.3 is 6.16 Å². The largest absolute Gasteiger partial charge is 0.509 e. The quantitative estimate of drug-likeness (QED) is 0.0607. The Morgan fingerprint density at radius 2 is 0.900 bits per heavy atom. The van der Waals surface area contributed by atoms with Crippen LogP contribution in [0.2, 0.25) is 0 Å². The minimum Gasteiger partial charge on any atom is -0.491 e. The van der Waals surface area contributed by atoms with Gasteiger partial charge in [0.1, 0.15) is 72.5 Å². The van der Waals surface area contributed by atoms with Gasteiger partial charge < -0.3 is 68.5 Å². The van der Waals surface area contributed by atoms with Crippen LogP contribution in [-0.4, -0.2) is 142 Å². The van der Waals surface area contributed by atoms with Crippen molar-refractivity contribution < 1.29 is 73.3 Å². The average molecular weight is 983 g/mol. The number of carbonyl (C=O) groups excluding carboxylic acids is 1. The van der Waals surface area contributed by atoms with Crippen molar-refractivity contribution in [2.45, 2.75) is 207 Å². The van der Waals surface area contributed by atoms with Crippen LogP contribution in [0.1, 0.15) is 128 Å². The molecule has 6 N–H and O–H groups in total. The summed E-state index contributed by atoms with van der Waals surface area (Å²) in [6.45, 7) is 22.8. The second-order valence-electron chi connectivity index (χ2n) is 19.3. The molecule has 19 nitrogen and oxygen atoms in total. The highest BCUT2D eigenvalue weighted by atomic mass is 16.8. The number of nitrogens with zero attached hydrogens (tertiary/aromatic N) is 4. The molecule has 2 aliphatic rings. The first-order valence-electron chi connectivity index (χ1n) is 24.4. The third-order valence-corrected chi connectivity index (χ3v) is 12.5. The molecule has 2 fully saturated rings. The van der Waals surface area contributed by atoms with E-state index >= 15 is 0 Å². The van der Waals surface area contributed by atoms with Crippen molar-refractivity contribution in [3.63, 3.8) is 0 Å². The summed E-state index contributed by atoms with van der Waals surface area (Å²) in [6, 6.07) is 15.1. The Labute approximate surface area is 410 Å². The lowest BCUT2D eigenvalue weighted by molar-refractivity contribution is -0.294. The summed E-state index contributed by atoms with van der Waals surface area (Å²) in [4.78, 5) is 13.7. The van der Waals surface area contributed by atoms with Gasteiger partial charge in [-0.25, -0.2) is 4.79 Å². The van der Waals surface area contributed by atoms with Crippen LogP contribution >= 0.6 is 0 Å². The van der Waals surface area contributed by atoms with Gasteiger partial charge in [0.15, 0.2) is 0 Å². The fourth-order valence-corrected chi connectivity index (χ4v) is 8.80. The van der Waals surface area contributed by atoms with Crippen LogP contribution in [0.25, 0.3) is 0 Å². The molecule has 19 heteroatoms. The van der Waals surface area contributed by atoms with Crippen molar-refractivity contribution in [2.75, 3.05) is 0 Å². The van der Waals surface area contributed by atoms with Crippen LogP contribution in [0.4, 0.5) is 4.79 Å². The van der Waals surface area contributed by atoms with Crippen LogP contribution in [-0.2, 0) is 31.8 Å². The predicted octanol–water partition coefficient (Wildman–Crippen LogP) is 5.40. The van der Waals surface area contributed by atoms with Gasteiger partial charge in [-0.1, -0.05) is 38.1 Å². The molecule has 0 spiro atoms.